The van der Waals surface area contributed by atoms with Gasteiger partial charge in [0.1, 0.15) is 0 Å². The van der Waals surface area contributed by atoms with Crippen LogP contribution in [0.25, 0.3) is 0 Å². The molecule has 128 valence electrons. The third-order valence-corrected chi connectivity index (χ3v) is 5.40. The van der Waals surface area contributed by atoms with Crippen molar-refractivity contribution in [3.63, 3.8) is 0 Å². The molecule has 1 aliphatic rings. The Balaban J connectivity index is 1.70. The molecule has 7 heteroatoms. The van der Waals surface area contributed by atoms with E-state index < -0.39 is 0 Å². The molecule has 0 atom stereocenters. The molecule has 0 unspecified atom stereocenters. The Morgan fingerprint density at radius 1 is 1.12 bits per heavy atom. The number of rotatable bonds is 7. The van der Waals surface area contributed by atoms with Gasteiger partial charge in [0.25, 0.3) is 0 Å². The van der Waals surface area contributed by atoms with Crippen LogP contribution < -0.4 is 0 Å². The molecule has 1 aliphatic heterocycles. The molecule has 3 rings (SSSR count). The smallest absolute Gasteiger partial charge is 0.290 e. The van der Waals surface area contributed by atoms with Crippen LogP contribution in [0.5, 0.6) is 0 Å². The van der Waals surface area contributed by atoms with Crippen molar-refractivity contribution in [2.75, 3.05) is 19.8 Å². The fraction of sp³-hybridized carbons (Fsp3) is 0.412. The van der Waals surface area contributed by atoms with Crippen molar-refractivity contribution >= 4 is 27.9 Å². The summed E-state index contributed by atoms with van der Waals surface area (Å²) in [6, 6.07) is 11.3. The minimum absolute atomic E-state index is 0.206. The molecule has 0 N–H and O–H groups in total. The minimum Gasteiger partial charge on any atom is -0.290 e. The number of benzene rings is 1. The Hall–Kier alpha value is -1.47. The van der Waals surface area contributed by atoms with Gasteiger partial charge in [0.05, 0.1) is 11.6 Å². The standard InChI is InChI=1S/C17H20ClN3O2S/c18-15-5-3-14(4-6-15)11-20(13-19-9-1-2-10-19)12-16-7-8-17(24-16)21(22)23/h3-8H,1-2,9-13H2. The van der Waals surface area contributed by atoms with Crippen molar-refractivity contribution in [2.24, 2.45) is 0 Å². The fourth-order valence-electron chi connectivity index (χ4n) is 2.98. The lowest BCUT2D eigenvalue weighted by atomic mass is 10.2. The minimum atomic E-state index is -0.321. The van der Waals surface area contributed by atoms with Gasteiger partial charge in [-0.15, -0.1) is 0 Å². The molecule has 0 radical (unpaired) electrons. The van der Waals surface area contributed by atoms with Gasteiger partial charge in [0.2, 0.25) is 0 Å². The molecule has 1 aromatic carbocycles. The first kappa shape index (κ1) is 17.4. The van der Waals surface area contributed by atoms with E-state index in [0.717, 1.165) is 42.7 Å². The van der Waals surface area contributed by atoms with Crippen LogP contribution in [0.3, 0.4) is 0 Å². The van der Waals surface area contributed by atoms with E-state index in [1.165, 1.54) is 29.7 Å². The highest BCUT2D eigenvalue weighted by Gasteiger charge is 2.18. The molecule has 2 aromatic rings. The van der Waals surface area contributed by atoms with Crippen molar-refractivity contribution in [1.82, 2.24) is 9.80 Å². The van der Waals surface area contributed by atoms with E-state index in [1.807, 2.05) is 30.3 Å². The highest BCUT2D eigenvalue weighted by molar-refractivity contribution is 7.15. The van der Waals surface area contributed by atoms with Gasteiger partial charge in [0.15, 0.2) is 0 Å². The number of hydrogen-bond donors (Lipinski definition) is 0. The van der Waals surface area contributed by atoms with Crippen molar-refractivity contribution in [1.29, 1.82) is 0 Å². The lowest BCUT2D eigenvalue weighted by Crippen LogP contribution is -2.35. The van der Waals surface area contributed by atoms with Crippen LogP contribution in [0.1, 0.15) is 23.3 Å². The topological polar surface area (TPSA) is 49.6 Å². The third kappa shape index (κ3) is 4.77. The maximum Gasteiger partial charge on any atom is 0.324 e. The Kier molecular flexibility index (Phi) is 5.84. The first-order valence-electron chi connectivity index (χ1n) is 8.02. The molecular weight excluding hydrogens is 346 g/mol. The van der Waals surface area contributed by atoms with Gasteiger partial charge in [-0.25, -0.2) is 0 Å². The largest absolute Gasteiger partial charge is 0.324 e. The molecule has 1 aromatic heterocycles. The highest BCUT2D eigenvalue weighted by atomic mass is 35.5. The number of halogens is 1. The molecular formula is C17H20ClN3O2S. The van der Waals surface area contributed by atoms with E-state index in [-0.39, 0.29) is 9.92 Å². The van der Waals surface area contributed by atoms with E-state index in [0.29, 0.717) is 0 Å². The van der Waals surface area contributed by atoms with Gasteiger partial charge in [-0.1, -0.05) is 35.1 Å². The SMILES string of the molecule is O=[N+]([O-])c1ccc(CN(Cc2ccc(Cl)cc2)CN2CCCC2)s1. The summed E-state index contributed by atoms with van der Waals surface area (Å²) < 4.78 is 0. The van der Waals surface area contributed by atoms with Crippen LogP contribution in [-0.2, 0) is 13.1 Å². The van der Waals surface area contributed by atoms with Crippen LogP contribution in [-0.4, -0.2) is 34.5 Å². The molecule has 0 spiro atoms. The summed E-state index contributed by atoms with van der Waals surface area (Å²) in [7, 11) is 0. The maximum atomic E-state index is 10.9. The second-order valence-electron chi connectivity index (χ2n) is 6.08. The monoisotopic (exact) mass is 365 g/mol. The predicted octanol–water partition coefficient (Wildman–Crippen LogP) is 4.37. The summed E-state index contributed by atoms with van der Waals surface area (Å²) in [4.78, 5) is 16.4. The molecule has 5 nitrogen and oxygen atoms in total. The molecule has 1 fully saturated rings. The van der Waals surface area contributed by atoms with Gasteiger partial charge in [-0.05, 0) is 49.7 Å². The quantitative estimate of drug-likeness (QED) is 0.540. The number of thiophene rings is 1. The summed E-state index contributed by atoms with van der Waals surface area (Å²) in [5, 5.41) is 11.8. The van der Waals surface area contributed by atoms with Crippen LogP contribution >= 0.6 is 22.9 Å². The van der Waals surface area contributed by atoms with Gasteiger partial charge in [-0.2, -0.15) is 0 Å². The molecule has 0 saturated carbocycles. The van der Waals surface area contributed by atoms with Crippen molar-refractivity contribution in [2.45, 2.75) is 25.9 Å². The Bertz CT molecular complexity index is 683. The van der Waals surface area contributed by atoms with E-state index >= 15 is 0 Å². The van der Waals surface area contributed by atoms with Crippen LogP contribution in [0, 0.1) is 10.1 Å². The summed E-state index contributed by atoms with van der Waals surface area (Å²) in [5.41, 5.74) is 1.20. The summed E-state index contributed by atoms with van der Waals surface area (Å²) in [6.45, 7) is 4.66. The van der Waals surface area contributed by atoms with E-state index in [1.54, 1.807) is 6.07 Å². The number of likely N-dealkylation sites (tertiary alicyclic amines) is 1. The maximum absolute atomic E-state index is 10.9. The van der Waals surface area contributed by atoms with Gasteiger partial charge >= 0.3 is 5.00 Å². The van der Waals surface area contributed by atoms with Crippen molar-refractivity contribution in [3.05, 3.63) is 62.0 Å². The van der Waals surface area contributed by atoms with Crippen LogP contribution in [0.4, 0.5) is 5.00 Å². The first-order chi connectivity index (χ1) is 11.6. The zero-order valence-electron chi connectivity index (χ0n) is 13.4. The van der Waals surface area contributed by atoms with Crippen molar-refractivity contribution < 1.29 is 4.92 Å². The fourth-order valence-corrected chi connectivity index (χ4v) is 3.97. The number of nitrogens with zero attached hydrogens (tertiary/aromatic N) is 3. The second-order valence-corrected chi connectivity index (χ2v) is 7.66. The van der Waals surface area contributed by atoms with E-state index in [4.69, 9.17) is 11.6 Å². The predicted molar refractivity (Wildman–Crippen MR) is 97.3 cm³/mol. The Morgan fingerprint density at radius 2 is 1.83 bits per heavy atom. The molecule has 0 bridgehead atoms. The average molecular weight is 366 g/mol. The lowest BCUT2D eigenvalue weighted by Gasteiger charge is -2.27. The zero-order valence-corrected chi connectivity index (χ0v) is 14.9. The molecule has 0 amide bonds. The zero-order chi connectivity index (χ0) is 16.9. The Labute approximate surface area is 150 Å². The van der Waals surface area contributed by atoms with Crippen LogP contribution in [0.2, 0.25) is 5.02 Å². The normalized spacial score (nSPS) is 15.2. The number of hydrogen-bond acceptors (Lipinski definition) is 5. The molecule has 24 heavy (non-hydrogen) atoms. The summed E-state index contributed by atoms with van der Waals surface area (Å²) >= 11 is 7.22. The molecule has 1 saturated heterocycles. The highest BCUT2D eigenvalue weighted by Crippen LogP contribution is 2.26. The molecule has 0 aliphatic carbocycles. The van der Waals surface area contributed by atoms with E-state index in [2.05, 4.69) is 9.80 Å². The first-order valence-corrected chi connectivity index (χ1v) is 9.22. The second kappa shape index (κ2) is 8.07. The Morgan fingerprint density at radius 3 is 2.46 bits per heavy atom. The van der Waals surface area contributed by atoms with E-state index in [9.17, 15) is 10.1 Å². The van der Waals surface area contributed by atoms with Crippen molar-refractivity contribution in [3.8, 4) is 0 Å². The summed E-state index contributed by atoms with van der Waals surface area (Å²) in [5.74, 6) is 0. The third-order valence-electron chi connectivity index (χ3n) is 4.12. The molecule has 2 heterocycles. The van der Waals surface area contributed by atoms with Crippen LogP contribution in [0.15, 0.2) is 36.4 Å². The average Bonchev–Trinajstić information content (AvgIpc) is 3.21. The summed E-state index contributed by atoms with van der Waals surface area (Å²) in [6.07, 6.45) is 2.50. The van der Waals surface area contributed by atoms with Gasteiger partial charge in [0, 0.05) is 29.1 Å². The van der Waals surface area contributed by atoms with Gasteiger partial charge in [-0.3, -0.25) is 19.9 Å². The lowest BCUT2D eigenvalue weighted by molar-refractivity contribution is -0.380. The number of nitro groups is 1. The van der Waals surface area contributed by atoms with Gasteiger partial charge < -0.3 is 0 Å².